The van der Waals surface area contributed by atoms with Gasteiger partial charge in [-0.1, -0.05) is 26.0 Å². The van der Waals surface area contributed by atoms with Crippen LogP contribution in [0.2, 0.25) is 0 Å². The van der Waals surface area contributed by atoms with Crippen LogP contribution in [0.1, 0.15) is 27.7 Å². The number of aromatic nitrogens is 2. The van der Waals surface area contributed by atoms with Crippen molar-refractivity contribution in [1.29, 1.82) is 0 Å². The van der Waals surface area contributed by atoms with Crippen LogP contribution in [0.3, 0.4) is 0 Å². The van der Waals surface area contributed by atoms with Crippen LogP contribution in [0.5, 0.6) is 0 Å². The lowest BCUT2D eigenvalue weighted by atomic mass is 10.0. The molecule has 0 amide bonds. The molecule has 126 valence electrons. The summed E-state index contributed by atoms with van der Waals surface area (Å²) in [5, 5.41) is 1.00. The fraction of sp³-hybridized carbons (Fsp3) is 0.273. The Morgan fingerprint density at radius 1 is 1.20 bits per heavy atom. The SMILES string of the molecule is [2H]C([2H])(c1ccc(-c2c(C)cnc3c2oc2ccccc23)[n+](C)c1)C(C)C. The van der Waals surface area contributed by atoms with Crippen LogP contribution in [0.15, 0.2) is 53.2 Å². The van der Waals surface area contributed by atoms with Crippen molar-refractivity contribution in [3.8, 4) is 11.3 Å². The van der Waals surface area contributed by atoms with Crippen LogP contribution in [-0.4, -0.2) is 4.98 Å². The van der Waals surface area contributed by atoms with Crippen molar-refractivity contribution in [2.24, 2.45) is 13.0 Å². The Balaban J connectivity index is 1.96. The highest BCUT2D eigenvalue weighted by atomic mass is 16.3. The third-order valence-corrected chi connectivity index (χ3v) is 4.42. The highest BCUT2D eigenvalue weighted by Gasteiger charge is 2.21. The van der Waals surface area contributed by atoms with E-state index in [0.29, 0.717) is 5.56 Å². The monoisotopic (exact) mass is 333 g/mol. The fourth-order valence-electron chi connectivity index (χ4n) is 3.34. The smallest absolute Gasteiger partial charge is 0.216 e. The molecule has 4 rings (SSSR count). The van der Waals surface area contributed by atoms with E-state index in [1.54, 1.807) is 0 Å². The summed E-state index contributed by atoms with van der Waals surface area (Å²) >= 11 is 0. The van der Waals surface area contributed by atoms with Crippen LogP contribution in [0, 0.1) is 12.8 Å². The molecule has 0 spiro atoms. The maximum Gasteiger partial charge on any atom is 0.216 e. The average Bonchev–Trinajstić information content (AvgIpc) is 3.00. The second-order valence-corrected chi connectivity index (χ2v) is 6.81. The van der Waals surface area contributed by atoms with Gasteiger partial charge < -0.3 is 4.42 Å². The quantitative estimate of drug-likeness (QED) is 0.495. The van der Waals surface area contributed by atoms with Gasteiger partial charge in [-0.05, 0) is 43.0 Å². The van der Waals surface area contributed by atoms with Gasteiger partial charge in [0.25, 0.3) is 0 Å². The van der Waals surface area contributed by atoms with Gasteiger partial charge in [0.1, 0.15) is 18.1 Å². The second kappa shape index (κ2) is 5.99. The zero-order valence-electron chi connectivity index (χ0n) is 17.0. The van der Waals surface area contributed by atoms with E-state index in [0.717, 1.165) is 38.9 Å². The summed E-state index contributed by atoms with van der Waals surface area (Å²) in [7, 11) is 1.95. The topological polar surface area (TPSA) is 29.9 Å². The van der Waals surface area contributed by atoms with Gasteiger partial charge in [0.15, 0.2) is 11.8 Å². The summed E-state index contributed by atoms with van der Waals surface area (Å²) in [6.45, 7) is 5.83. The number of furan rings is 1. The van der Waals surface area contributed by atoms with E-state index in [-0.39, 0.29) is 5.92 Å². The molecular weight excluding hydrogens is 308 g/mol. The minimum atomic E-state index is -1.38. The van der Waals surface area contributed by atoms with Crippen molar-refractivity contribution < 1.29 is 11.7 Å². The molecule has 3 nitrogen and oxygen atoms in total. The van der Waals surface area contributed by atoms with E-state index in [2.05, 4.69) is 4.98 Å². The van der Waals surface area contributed by atoms with Crippen molar-refractivity contribution in [2.45, 2.75) is 27.1 Å². The van der Waals surface area contributed by atoms with Gasteiger partial charge in [-0.2, -0.15) is 0 Å². The minimum absolute atomic E-state index is 0.104. The van der Waals surface area contributed by atoms with Crippen LogP contribution < -0.4 is 4.57 Å². The van der Waals surface area contributed by atoms with E-state index in [4.69, 9.17) is 7.16 Å². The molecule has 3 heterocycles. The standard InChI is InChI=1S/C22H23N2O/c1-14(2)11-16-9-10-18(24(4)13-16)20-15(3)12-23-21-17-7-5-6-8-19(17)25-22(20)21/h5-10,12-14H,11H2,1-4H3/q+1/i11D2. The van der Waals surface area contributed by atoms with Crippen molar-refractivity contribution in [3.05, 3.63) is 59.9 Å². The molecule has 3 aromatic heterocycles. The molecule has 0 radical (unpaired) electrons. The van der Waals surface area contributed by atoms with E-state index < -0.39 is 6.37 Å². The largest absolute Gasteiger partial charge is 0.453 e. The Hall–Kier alpha value is -2.68. The van der Waals surface area contributed by atoms with Crippen LogP contribution in [0.4, 0.5) is 0 Å². The van der Waals surface area contributed by atoms with Crippen LogP contribution in [-0.2, 0) is 13.4 Å². The molecule has 0 aliphatic carbocycles. The molecule has 0 N–H and O–H groups in total. The number of hydrogen-bond acceptors (Lipinski definition) is 2. The van der Waals surface area contributed by atoms with E-state index in [9.17, 15) is 0 Å². The summed E-state index contributed by atoms with van der Waals surface area (Å²) in [4.78, 5) is 4.60. The molecular formula is C22H23N2O+. The number of para-hydroxylation sites is 1. The molecule has 0 bridgehead atoms. The molecule has 25 heavy (non-hydrogen) atoms. The summed E-state index contributed by atoms with van der Waals surface area (Å²) < 4.78 is 24.9. The second-order valence-electron chi connectivity index (χ2n) is 6.81. The van der Waals surface area contributed by atoms with Gasteiger partial charge >= 0.3 is 0 Å². The summed E-state index contributed by atoms with van der Waals surface area (Å²) in [5.41, 5.74) is 6.12. The van der Waals surface area contributed by atoms with Gasteiger partial charge in [0.2, 0.25) is 5.69 Å². The number of rotatable bonds is 3. The van der Waals surface area contributed by atoms with Gasteiger partial charge in [-0.3, -0.25) is 4.98 Å². The number of benzene rings is 1. The Labute approximate surface area is 150 Å². The van der Waals surface area contributed by atoms with E-state index >= 15 is 0 Å². The minimum Gasteiger partial charge on any atom is -0.453 e. The molecule has 0 saturated heterocycles. The molecule has 0 atom stereocenters. The summed E-state index contributed by atoms with van der Waals surface area (Å²) in [6.07, 6.45) is 2.38. The highest BCUT2D eigenvalue weighted by molar-refractivity contribution is 6.07. The number of pyridine rings is 2. The third-order valence-electron chi connectivity index (χ3n) is 4.42. The van der Waals surface area contributed by atoms with Crippen molar-refractivity contribution in [2.75, 3.05) is 0 Å². The first-order chi connectivity index (χ1) is 12.8. The van der Waals surface area contributed by atoms with Crippen molar-refractivity contribution in [3.63, 3.8) is 0 Å². The molecule has 0 saturated carbocycles. The molecule has 0 unspecified atom stereocenters. The Morgan fingerprint density at radius 2 is 2.00 bits per heavy atom. The Bertz CT molecular complexity index is 1160. The first-order valence-electron chi connectivity index (χ1n) is 9.58. The first-order valence-corrected chi connectivity index (χ1v) is 8.58. The van der Waals surface area contributed by atoms with Gasteiger partial charge in [-0.15, -0.1) is 0 Å². The maximum atomic E-state index is 8.37. The van der Waals surface area contributed by atoms with Crippen molar-refractivity contribution in [1.82, 2.24) is 4.98 Å². The maximum absolute atomic E-state index is 8.37. The Kier molecular flexibility index (Phi) is 3.26. The summed E-state index contributed by atoms with van der Waals surface area (Å²) in [6, 6.07) is 11.8. The zero-order valence-corrected chi connectivity index (χ0v) is 15.0. The lowest BCUT2D eigenvalue weighted by Gasteiger charge is -2.07. The zero-order chi connectivity index (χ0) is 19.3. The average molecular weight is 333 g/mol. The Morgan fingerprint density at radius 3 is 2.76 bits per heavy atom. The number of fused-ring (bicyclic) bond motifs is 3. The van der Waals surface area contributed by atoms with Gasteiger partial charge in [-0.25, -0.2) is 4.57 Å². The van der Waals surface area contributed by atoms with Crippen LogP contribution >= 0.6 is 0 Å². The number of aryl methyl sites for hydroxylation is 2. The molecule has 0 aliphatic rings. The number of hydrogen-bond donors (Lipinski definition) is 0. The predicted molar refractivity (Wildman–Crippen MR) is 101 cm³/mol. The molecule has 0 aliphatic heterocycles. The number of nitrogens with zero attached hydrogens (tertiary/aromatic N) is 2. The molecule has 0 fully saturated rings. The van der Waals surface area contributed by atoms with E-state index in [1.165, 1.54) is 0 Å². The fourth-order valence-corrected chi connectivity index (χ4v) is 3.34. The molecule has 1 aromatic carbocycles. The van der Waals surface area contributed by atoms with Gasteiger partial charge in [0, 0.05) is 26.0 Å². The lowest BCUT2D eigenvalue weighted by Crippen LogP contribution is -2.31. The lowest BCUT2D eigenvalue weighted by molar-refractivity contribution is -0.660. The van der Waals surface area contributed by atoms with Crippen LogP contribution in [0.25, 0.3) is 33.3 Å². The van der Waals surface area contributed by atoms with E-state index in [1.807, 2.05) is 81.2 Å². The van der Waals surface area contributed by atoms with Gasteiger partial charge in [0.05, 0.1) is 5.56 Å². The predicted octanol–water partition coefficient (Wildman–Crippen LogP) is 4.98. The van der Waals surface area contributed by atoms with Crippen molar-refractivity contribution >= 4 is 22.1 Å². The molecule has 3 heteroatoms. The normalized spacial score (nSPS) is 13.5. The highest BCUT2D eigenvalue weighted by Crippen LogP contribution is 2.35. The summed E-state index contributed by atoms with van der Waals surface area (Å²) in [5.74, 6) is -0.104. The molecule has 4 aromatic rings. The first kappa shape index (κ1) is 13.6. The third kappa shape index (κ3) is 2.70.